The van der Waals surface area contributed by atoms with Gasteiger partial charge in [0.15, 0.2) is 5.82 Å². The molecule has 3 heterocycles. The normalized spacial score (nSPS) is 18.1. The van der Waals surface area contributed by atoms with Crippen LogP contribution in [0, 0.1) is 11.6 Å². The molecule has 1 fully saturated rings. The second kappa shape index (κ2) is 6.23. The maximum absolute atomic E-state index is 13.4. The molecule has 3 aromatic rings. The van der Waals surface area contributed by atoms with Crippen LogP contribution >= 0.6 is 11.5 Å². The lowest BCUT2D eigenvalue weighted by Crippen LogP contribution is -2.37. The molecule has 2 aromatic heterocycles. The molecule has 0 spiro atoms. The molecule has 1 aliphatic rings. The van der Waals surface area contributed by atoms with Crippen molar-refractivity contribution in [2.45, 2.75) is 18.9 Å². The van der Waals surface area contributed by atoms with E-state index in [-0.39, 0.29) is 6.04 Å². The van der Waals surface area contributed by atoms with Gasteiger partial charge in [0.1, 0.15) is 11.6 Å². The maximum Gasteiger partial charge on any atom is 0.205 e. The fourth-order valence-electron chi connectivity index (χ4n) is 2.88. The lowest BCUT2D eigenvalue weighted by Gasteiger charge is -2.31. The van der Waals surface area contributed by atoms with Gasteiger partial charge < -0.3 is 4.90 Å². The first kappa shape index (κ1) is 15.1. The van der Waals surface area contributed by atoms with Crippen LogP contribution < -0.4 is 4.90 Å². The topological polar surface area (TPSA) is 59.7 Å². The third-order valence-electron chi connectivity index (χ3n) is 3.97. The van der Waals surface area contributed by atoms with Crippen molar-refractivity contribution in [2.24, 2.45) is 0 Å². The van der Waals surface area contributed by atoms with Crippen LogP contribution in [0.5, 0.6) is 0 Å². The minimum atomic E-state index is -0.635. The van der Waals surface area contributed by atoms with Crippen LogP contribution in [-0.2, 0) is 0 Å². The number of nitrogens with zero attached hydrogens (tertiary/aromatic N) is 6. The first-order chi connectivity index (χ1) is 11.7. The molecule has 9 heteroatoms. The molecule has 6 nitrogen and oxygen atoms in total. The van der Waals surface area contributed by atoms with Crippen molar-refractivity contribution in [1.29, 1.82) is 0 Å². The Bertz CT molecular complexity index is 814. The minimum Gasteiger partial charge on any atom is -0.345 e. The Labute approximate surface area is 140 Å². The summed E-state index contributed by atoms with van der Waals surface area (Å²) in [5.74, 6) is -0.930. The smallest absolute Gasteiger partial charge is 0.205 e. The Hall–Kier alpha value is -2.42. The zero-order valence-electron chi connectivity index (χ0n) is 12.6. The van der Waals surface area contributed by atoms with Crippen LogP contribution in [0.1, 0.15) is 18.9 Å². The average molecular weight is 348 g/mol. The second-order valence-corrected chi connectivity index (χ2v) is 6.38. The summed E-state index contributed by atoms with van der Waals surface area (Å²) in [6.07, 6.45) is 5.34. The summed E-state index contributed by atoms with van der Waals surface area (Å²) in [6.45, 7) is 1.60. The van der Waals surface area contributed by atoms with Crippen molar-refractivity contribution in [2.75, 3.05) is 18.0 Å². The van der Waals surface area contributed by atoms with Gasteiger partial charge in [-0.15, -0.1) is 0 Å². The molecule has 0 radical (unpaired) electrons. The molecule has 1 aliphatic heterocycles. The largest absolute Gasteiger partial charge is 0.345 e. The third kappa shape index (κ3) is 2.99. The summed E-state index contributed by atoms with van der Waals surface area (Å²) >= 11 is 1.23. The average Bonchev–Trinajstić information content (AvgIpc) is 3.26. The Balaban J connectivity index is 1.56. The van der Waals surface area contributed by atoms with Crippen molar-refractivity contribution in [3.63, 3.8) is 0 Å². The summed E-state index contributed by atoms with van der Waals surface area (Å²) in [4.78, 5) is 8.29. The predicted octanol–water partition coefficient (Wildman–Crippen LogP) is 2.92. The molecule has 0 amide bonds. The standard InChI is InChI=1S/C15H14F2N6S/c16-11-6-10(7-12(17)8-11)14-20-15(24-21-14)22-5-1-2-13(9-22)23-18-3-4-19-23/h3-4,6-8,13H,1-2,5,9H2. The SMILES string of the molecule is Fc1cc(F)cc(-c2nsc(N3CCCC(n4nccn4)C3)n2)c1. The van der Waals surface area contributed by atoms with Crippen molar-refractivity contribution in [3.05, 3.63) is 42.2 Å². The van der Waals surface area contributed by atoms with E-state index in [1.807, 2.05) is 0 Å². The van der Waals surface area contributed by atoms with E-state index in [9.17, 15) is 8.78 Å². The van der Waals surface area contributed by atoms with Crippen molar-refractivity contribution in [1.82, 2.24) is 24.4 Å². The second-order valence-electron chi connectivity index (χ2n) is 5.65. The summed E-state index contributed by atoms with van der Waals surface area (Å²) in [6, 6.07) is 3.50. The van der Waals surface area contributed by atoms with Crippen LogP contribution in [0.4, 0.5) is 13.9 Å². The quantitative estimate of drug-likeness (QED) is 0.728. The maximum atomic E-state index is 13.4. The van der Waals surface area contributed by atoms with E-state index in [1.54, 1.807) is 17.2 Å². The van der Waals surface area contributed by atoms with Crippen LogP contribution in [0.25, 0.3) is 11.4 Å². The number of halogens is 2. The van der Waals surface area contributed by atoms with Gasteiger partial charge in [0, 0.05) is 36.3 Å². The highest BCUT2D eigenvalue weighted by Crippen LogP contribution is 2.29. The van der Waals surface area contributed by atoms with Gasteiger partial charge in [-0.05, 0) is 25.0 Å². The van der Waals surface area contributed by atoms with E-state index < -0.39 is 11.6 Å². The van der Waals surface area contributed by atoms with Gasteiger partial charge >= 0.3 is 0 Å². The molecule has 1 aromatic carbocycles. The number of aromatic nitrogens is 5. The van der Waals surface area contributed by atoms with E-state index in [2.05, 4.69) is 24.5 Å². The number of rotatable bonds is 3. The van der Waals surface area contributed by atoms with Crippen LogP contribution in [0.15, 0.2) is 30.6 Å². The van der Waals surface area contributed by atoms with E-state index in [0.717, 1.165) is 37.1 Å². The molecule has 1 atom stereocenters. The van der Waals surface area contributed by atoms with Crippen molar-refractivity contribution >= 4 is 16.7 Å². The first-order valence-electron chi connectivity index (χ1n) is 7.60. The number of hydrogen-bond donors (Lipinski definition) is 0. The number of anilines is 1. The van der Waals surface area contributed by atoms with Gasteiger partial charge in [-0.1, -0.05) is 0 Å². The summed E-state index contributed by atoms with van der Waals surface area (Å²) in [7, 11) is 0. The Kier molecular flexibility index (Phi) is 3.93. The third-order valence-corrected chi connectivity index (χ3v) is 4.74. The molecule has 1 unspecified atom stereocenters. The van der Waals surface area contributed by atoms with Gasteiger partial charge in [0.2, 0.25) is 5.13 Å². The molecule has 0 aliphatic carbocycles. The van der Waals surface area contributed by atoms with Crippen molar-refractivity contribution < 1.29 is 8.78 Å². The lowest BCUT2D eigenvalue weighted by molar-refractivity contribution is 0.342. The highest BCUT2D eigenvalue weighted by atomic mass is 32.1. The van der Waals surface area contributed by atoms with Gasteiger partial charge in [-0.25, -0.2) is 8.78 Å². The van der Waals surface area contributed by atoms with Gasteiger partial charge in [-0.3, -0.25) is 0 Å². The molecular weight excluding hydrogens is 334 g/mol. The first-order valence-corrected chi connectivity index (χ1v) is 8.37. The zero-order valence-corrected chi connectivity index (χ0v) is 13.5. The molecule has 1 saturated heterocycles. The number of hydrogen-bond acceptors (Lipinski definition) is 6. The molecule has 0 bridgehead atoms. The summed E-state index contributed by atoms with van der Waals surface area (Å²) in [5.41, 5.74) is 0.345. The minimum absolute atomic E-state index is 0.188. The number of benzene rings is 1. The highest BCUT2D eigenvalue weighted by molar-refractivity contribution is 7.09. The summed E-state index contributed by atoms with van der Waals surface area (Å²) < 4.78 is 31.0. The molecule has 124 valence electrons. The highest BCUT2D eigenvalue weighted by Gasteiger charge is 2.25. The van der Waals surface area contributed by atoms with E-state index >= 15 is 0 Å². The van der Waals surface area contributed by atoms with Crippen LogP contribution in [0.2, 0.25) is 0 Å². The van der Waals surface area contributed by atoms with Crippen molar-refractivity contribution in [3.8, 4) is 11.4 Å². The molecule has 0 saturated carbocycles. The van der Waals surface area contributed by atoms with Crippen LogP contribution in [0.3, 0.4) is 0 Å². The van der Waals surface area contributed by atoms with Gasteiger partial charge in [0.05, 0.1) is 18.4 Å². The summed E-state index contributed by atoms with van der Waals surface area (Å²) in [5, 5.41) is 9.15. The fraction of sp³-hybridized carbons (Fsp3) is 0.333. The molecule has 4 rings (SSSR count). The molecule has 0 N–H and O–H groups in total. The van der Waals surface area contributed by atoms with Gasteiger partial charge in [0.25, 0.3) is 0 Å². The van der Waals surface area contributed by atoms with E-state index in [0.29, 0.717) is 11.4 Å². The Morgan fingerprint density at radius 1 is 1.08 bits per heavy atom. The van der Waals surface area contributed by atoms with Crippen LogP contribution in [-0.4, -0.2) is 37.4 Å². The Morgan fingerprint density at radius 2 is 1.83 bits per heavy atom. The lowest BCUT2D eigenvalue weighted by atomic mass is 10.1. The van der Waals surface area contributed by atoms with Gasteiger partial charge in [-0.2, -0.15) is 24.4 Å². The monoisotopic (exact) mass is 348 g/mol. The van der Waals surface area contributed by atoms with E-state index in [4.69, 9.17) is 0 Å². The molecular formula is C15H14F2N6S. The van der Waals surface area contributed by atoms with E-state index in [1.165, 1.54) is 23.7 Å². The number of piperidine rings is 1. The fourth-order valence-corrected chi connectivity index (χ4v) is 3.60. The Morgan fingerprint density at radius 3 is 2.58 bits per heavy atom. The predicted molar refractivity (Wildman–Crippen MR) is 85.8 cm³/mol. The zero-order chi connectivity index (χ0) is 16.5. The molecule has 24 heavy (non-hydrogen) atoms.